The third-order valence-electron chi connectivity index (χ3n) is 2.84. The molecule has 0 aliphatic rings. The number of benzene rings is 1. The highest BCUT2D eigenvalue weighted by Crippen LogP contribution is 2.30. The average Bonchev–Trinajstić information content (AvgIpc) is 2.48. The Kier molecular flexibility index (Phi) is 5.58. The first-order valence-electron chi connectivity index (χ1n) is 7.28. The molecule has 4 heteroatoms. The quantitative estimate of drug-likeness (QED) is 0.841. The zero-order valence-electron chi connectivity index (χ0n) is 12.8. The molecule has 112 valence electrons. The molecule has 1 N–H and O–H groups in total. The minimum atomic E-state index is 0.426. The Labute approximate surface area is 126 Å². The van der Waals surface area contributed by atoms with Crippen LogP contribution >= 0.6 is 0 Å². The largest absolute Gasteiger partial charge is 0.490 e. The van der Waals surface area contributed by atoms with Crippen LogP contribution < -0.4 is 14.8 Å². The zero-order valence-corrected chi connectivity index (χ0v) is 12.8. The minimum absolute atomic E-state index is 0.426. The van der Waals surface area contributed by atoms with Gasteiger partial charge in [-0.3, -0.25) is 0 Å². The molecule has 0 fully saturated rings. The van der Waals surface area contributed by atoms with Crippen molar-refractivity contribution < 1.29 is 9.47 Å². The Morgan fingerprint density at radius 1 is 1.05 bits per heavy atom. The molecule has 1 aromatic carbocycles. The lowest BCUT2D eigenvalue weighted by Crippen LogP contribution is -2.22. The number of nitrogens with one attached hydrogen (secondary N) is 1. The summed E-state index contributed by atoms with van der Waals surface area (Å²) >= 11 is 0. The van der Waals surface area contributed by atoms with E-state index in [9.17, 15) is 0 Å². The van der Waals surface area contributed by atoms with E-state index in [0.717, 1.165) is 18.0 Å². The fourth-order valence-corrected chi connectivity index (χ4v) is 1.84. The topological polar surface area (TPSA) is 43.4 Å². The summed E-state index contributed by atoms with van der Waals surface area (Å²) in [4.78, 5) is 4.50. The van der Waals surface area contributed by atoms with Crippen LogP contribution in [0.2, 0.25) is 0 Å². The SMILES string of the molecule is CCOc1ccccc1Oc1cccc(CNC(C)C)n1. The predicted molar refractivity (Wildman–Crippen MR) is 83.9 cm³/mol. The van der Waals surface area contributed by atoms with Crippen LogP contribution in [0.25, 0.3) is 0 Å². The van der Waals surface area contributed by atoms with E-state index in [1.807, 2.05) is 49.4 Å². The van der Waals surface area contributed by atoms with Gasteiger partial charge in [0.15, 0.2) is 11.5 Å². The summed E-state index contributed by atoms with van der Waals surface area (Å²) in [6, 6.07) is 13.8. The molecule has 0 unspecified atom stereocenters. The second kappa shape index (κ2) is 7.64. The number of pyridine rings is 1. The van der Waals surface area contributed by atoms with Gasteiger partial charge in [0, 0.05) is 18.7 Å². The first-order valence-corrected chi connectivity index (χ1v) is 7.28. The van der Waals surface area contributed by atoms with Crippen LogP contribution in [0.4, 0.5) is 0 Å². The van der Waals surface area contributed by atoms with E-state index in [4.69, 9.17) is 9.47 Å². The van der Waals surface area contributed by atoms with Crippen molar-refractivity contribution in [1.29, 1.82) is 0 Å². The van der Waals surface area contributed by atoms with Crippen LogP contribution in [-0.4, -0.2) is 17.6 Å². The van der Waals surface area contributed by atoms with Crippen molar-refractivity contribution >= 4 is 0 Å². The molecule has 0 aliphatic heterocycles. The van der Waals surface area contributed by atoms with Crippen LogP contribution in [-0.2, 0) is 6.54 Å². The Morgan fingerprint density at radius 2 is 1.81 bits per heavy atom. The van der Waals surface area contributed by atoms with Gasteiger partial charge < -0.3 is 14.8 Å². The molecular formula is C17H22N2O2. The smallest absolute Gasteiger partial charge is 0.219 e. The molecule has 0 radical (unpaired) electrons. The predicted octanol–water partition coefficient (Wildman–Crippen LogP) is 3.77. The highest BCUT2D eigenvalue weighted by Gasteiger charge is 2.06. The normalized spacial score (nSPS) is 10.7. The van der Waals surface area contributed by atoms with Crippen LogP contribution in [0.1, 0.15) is 26.5 Å². The van der Waals surface area contributed by atoms with E-state index < -0.39 is 0 Å². The standard InChI is InChI=1S/C17H22N2O2/c1-4-20-15-9-5-6-10-16(15)21-17-11-7-8-14(19-17)12-18-13(2)3/h5-11,13,18H,4,12H2,1-3H3. The highest BCUT2D eigenvalue weighted by atomic mass is 16.5. The summed E-state index contributed by atoms with van der Waals surface area (Å²) in [5.74, 6) is 1.98. The van der Waals surface area contributed by atoms with E-state index in [-0.39, 0.29) is 0 Å². The monoisotopic (exact) mass is 286 g/mol. The van der Waals surface area contributed by atoms with Gasteiger partial charge in [0.2, 0.25) is 5.88 Å². The number of ether oxygens (including phenoxy) is 2. The highest BCUT2D eigenvalue weighted by molar-refractivity contribution is 5.41. The molecular weight excluding hydrogens is 264 g/mol. The van der Waals surface area contributed by atoms with E-state index in [1.54, 1.807) is 0 Å². The number of hydrogen-bond acceptors (Lipinski definition) is 4. The van der Waals surface area contributed by atoms with Crippen LogP contribution in [0.5, 0.6) is 17.4 Å². The van der Waals surface area contributed by atoms with E-state index in [1.165, 1.54) is 0 Å². The molecule has 2 aromatic rings. The third kappa shape index (κ3) is 4.76. The lowest BCUT2D eigenvalue weighted by molar-refractivity contribution is 0.319. The van der Waals surface area contributed by atoms with Crippen molar-refractivity contribution in [2.24, 2.45) is 0 Å². The number of hydrogen-bond donors (Lipinski definition) is 1. The van der Waals surface area contributed by atoms with E-state index in [2.05, 4.69) is 24.1 Å². The lowest BCUT2D eigenvalue weighted by Gasteiger charge is -2.12. The molecule has 0 atom stereocenters. The summed E-state index contributed by atoms with van der Waals surface area (Å²) in [7, 11) is 0. The Hall–Kier alpha value is -2.07. The van der Waals surface area contributed by atoms with Gasteiger partial charge in [0.05, 0.1) is 12.3 Å². The number of nitrogens with zero attached hydrogens (tertiary/aromatic N) is 1. The molecule has 0 saturated heterocycles. The van der Waals surface area contributed by atoms with Crippen molar-refractivity contribution in [1.82, 2.24) is 10.3 Å². The molecule has 0 saturated carbocycles. The van der Waals surface area contributed by atoms with Gasteiger partial charge >= 0.3 is 0 Å². The second-order valence-electron chi connectivity index (χ2n) is 4.98. The molecule has 1 aromatic heterocycles. The van der Waals surface area contributed by atoms with Crippen molar-refractivity contribution in [2.75, 3.05) is 6.61 Å². The average molecular weight is 286 g/mol. The van der Waals surface area contributed by atoms with Crippen molar-refractivity contribution in [3.05, 3.63) is 48.2 Å². The van der Waals surface area contributed by atoms with Gasteiger partial charge in [0.1, 0.15) is 0 Å². The van der Waals surface area contributed by atoms with Crippen molar-refractivity contribution in [3.8, 4) is 17.4 Å². The van der Waals surface area contributed by atoms with Crippen molar-refractivity contribution in [3.63, 3.8) is 0 Å². The summed E-state index contributed by atoms with van der Waals surface area (Å²) < 4.78 is 11.4. The first-order chi connectivity index (χ1) is 10.2. The Bertz CT molecular complexity index is 570. The summed E-state index contributed by atoms with van der Waals surface area (Å²) in [6.45, 7) is 7.50. The molecule has 0 amide bonds. The Balaban J connectivity index is 2.11. The number of para-hydroxylation sites is 2. The van der Waals surface area contributed by atoms with Crippen molar-refractivity contribution in [2.45, 2.75) is 33.4 Å². The van der Waals surface area contributed by atoms with Gasteiger partial charge in [-0.1, -0.05) is 32.0 Å². The zero-order chi connectivity index (χ0) is 15.1. The van der Waals surface area contributed by atoms with Crippen LogP contribution in [0.3, 0.4) is 0 Å². The van der Waals surface area contributed by atoms with Gasteiger partial charge in [-0.2, -0.15) is 0 Å². The fourth-order valence-electron chi connectivity index (χ4n) is 1.84. The van der Waals surface area contributed by atoms with Gasteiger partial charge in [-0.15, -0.1) is 0 Å². The van der Waals surface area contributed by atoms with E-state index in [0.29, 0.717) is 24.3 Å². The lowest BCUT2D eigenvalue weighted by atomic mass is 10.3. The maximum Gasteiger partial charge on any atom is 0.219 e. The second-order valence-corrected chi connectivity index (χ2v) is 4.98. The molecule has 0 aliphatic carbocycles. The Morgan fingerprint density at radius 3 is 2.52 bits per heavy atom. The first kappa shape index (κ1) is 15.3. The maximum atomic E-state index is 5.85. The van der Waals surface area contributed by atoms with Crippen LogP contribution in [0.15, 0.2) is 42.5 Å². The summed E-state index contributed by atoms with van der Waals surface area (Å²) in [5, 5.41) is 3.34. The van der Waals surface area contributed by atoms with Gasteiger partial charge in [-0.25, -0.2) is 4.98 Å². The summed E-state index contributed by atoms with van der Waals surface area (Å²) in [5.41, 5.74) is 0.954. The molecule has 1 heterocycles. The van der Waals surface area contributed by atoms with E-state index >= 15 is 0 Å². The van der Waals surface area contributed by atoms with Gasteiger partial charge in [0.25, 0.3) is 0 Å². The van der Waals surface area contributed by atoms with Crippen LogP contribution in [0, 0.1) is 0 Å². The molecule has 0 spiro atoms. The molecule has 2 rings (SSSR count). The third-order valence-corrected chi connectivity index (χ3v) is 2.84. The fraction of sp³-hybridized carbons (Fsp3) is 0.353. The van der Waals surface area contributed by atoms with Gasteiger partial charge in [-0.05, 0) is 25.1 Å². The molecule has 21 heavy (non-hydrogen) atoms. The molecule has 0 bridgehead atoms. The minimum Gasteiger partial charge on any atom is -0.490 e. The number of aromatic nitrogens is 1. The molecule has 4 nitrogen and oxygen atoms in total. The number of rotatable bonds is 7. The maximum absolute atomic E-state index is 5.85. The summed E-state index contributed by atoms with van der Waals surface area (Å²) in [6.07, 6.45) is 0.